The fourth-order valence-electron chi connectivity index (χ4n) is 1.47. The van der Waals surface area contributed by atoms with Crippen LogP contribution in [0.2, 0.25) is 0 Å². The van der Waals surface area contributed by atoms with Crippen molar-refractivity contribution in [2.45, 2.75) is 32.4 Å². The number of hydrogen-bond donors (Lipinski definition) is 0. The first-order valence-electron chi connectivity index (χ1n) is 5.33. The molecule has 0 unspecified atom stereocenters. The van der Waals surface area contributed by atoms with Gasteiger partial charge in [0.05, 0.1) is 5.71 Å². The molecule has 2 rings (SSSR count). The first kappa shape index (κ1) is 10.9. The summed E-state index contributed by atoms with van der Waals surface area (Å²) < 4.78 is 5.26. The average Bonchev–Trinajstić information content (AvgIpc) is 2.96. The van der Waals surface area contributed by atoms with Crippen molar-refractivity contribution in [3.05, 3.63) is 35.9 Å². The topological polar surface area (TPSA) is 38.7 Å². The van der Waals surface area contributed by atoms with E-state index in [4.69, 9.17) is 4.74 Å². The Morgan fingerprint density at radius 1 is 1.25 bits per heavy atom. The molecule has 0 saturated carbocycles. The maximum Gasteiger partial charge on any atom is 0.337 e. The number of nitrogens with zero attached hydrogens (tertiary/aromatic N) is 1. The molecule has 16 heavy (non-hydrogen) atoms. The molecule has 0 bridgehead atoms. The molecule has 0 N–H and O–H groups in total. The Morgan fingerprint density at radius 2 is 1.88 bits per heavy atom. The van der Waals surface area contributed by atoms with Crippen LogP contribution in [0.15, 0.2) is 35.3 Å². The van der Waals surface area contributed by atoms with Gasteiger partial charge in [-0.3, -0.25) is 4.99 Å². The standard InChI is InChI=1S/C13H15NO2/c1-13(2,3)16-12(15)11-10(14-11)9-7-5-4-6-8-9/h4-8,11H,1-3H3/t11-/m0/s1. The van der Waals surface area contributed by atoms with E-state index >= 15 is 0 Å². The van der Waals surface area contributed by atoms with E-state index in [-0.39, 0.29) is 12.0 Å². The molecule has 0 aromatic heterocycles. The van der Waals surface area contributed by atoms with Crippen LogP contribution in [0, 0.1) is 0 Å². The maximum absolute atomic E-state index is 11.7. The summed E-state index contributed by atoms with van der Waals surface area (Å²) in [6.45, 7) is 5.57. The normalized spacial score (nSPS) is 18.9. The highest BCUT2D eigenvalue weighted by molar-refractivity contribution is 6.24. The Hall–Kier alpha value is -1.64. The van der Waals surface area contributed by atoms with Gasteiger partial charge >= 0.3 is 5.97 Å². The van der Waals surface area contributed by atoms with Crippen LogP contribution in [0.3, 0.4) is 0 Å². The lowest BCUT2D eigenvalue weighted by Gasteiger charge is -2.18. The summed E-state index contributed by atoms with van der Waals surface area (Å²) >= 11 is 0. The molecule has 84 valence electrons. The van der Waals surface area contributed by atoms with Gasteiger partial charge in [0.2, 0.25) is 0 Å². The first-order valence-corrected chi connectivity index (χ1v) is 5.33. The molecule has 3 nitrogen and oxygen atoms in total. The number of esters is 1. The molecular formula is C13H15NO2. The molecule has 1 aromatic rings. The monoisotopic (exact) mass is 217 g/mol. The van der Waals surface area contributed by atoms with Crippen molar-refractivity contribution in [3.63, 3.8) is 0 Å². The number of benzene rings is 1. The molecule has 0 spiro atoms. The summed E-state index contributed by atoms with van der Waals surface area (Å²) in [5.41, 5.74) is 1.38. The number of ether oxygens (including phenoxy) is 1. The minimum absolute atomic E-state index is 0.258. The number of aliphatic imine (C=N–C) groups is 1. The molecule has 1 aliphatic heterocycles. The highest BCUT2D eigenvalue weighted by atomic mass is 16.6. The van der Waals surface area contributed by atoms with Gasteiger partial charge in [-0.05, 0) is 26.3 Å². The Balaban J connectivity index is 1.97. The lowest BCUT2D eigenvalue weighted by molar-refractivity contribution is -0.153. The van der Waals surface area contributed by atoms with Crippen LogP contribution in [-0.2, 0) is 9.53 Å². The third kappa shape index (κ3) is 2.48. The van der Waals surface area contributed by atoms with E-state index < -0.39 is 5.60 Å². The molecular weight excluding hydrogens is 202 g/mol. The van der Waals surface area contributed by atoms with Gasteiger partial charge in [0.25, 0.3) is 0 Å². The summed E-state index contributed by atoms with van der Waals surface area (Å²) in [6, 6.07) is 9.31. The van der Waals surface area contributed by atoms with Crippen molar-refractivity contribution >= 4 is 11.7 Å². The first-order chi connectivity index (χ1) is 7.47. The minimum Gasteiger partial charge on any atom is -0.458 e. The maximum atomic E-state index is 11.7. The Morgan fingerprint density at radius 3 is 2.44 bits per heavy atom. The van der Waals surface area contributed by atoms with Crippen LogP contribution in [-0.4, -0.2) is 23.3 Å². The smallest absolute Gasteiger partial charge is 0.337 e. The van der Waals surface area contributed by atoms with E-state index in [2.05, 4.69) is 4.99 Å². The zero-order chi connectivity index (χ0) is 11.8. The second kappa shape index (κ2) is 3.74. The second-order valence-corrected chi connectivity index (χ2v) is 4.82. The summed E-state index contributed by atoms with van der Waals surface area (Å²) in [4.78, 5) is 15.8. The van der Waals surface area contributed by atoms with Crippen molar-refractivity contribution in [2.24, 2.45) is 4.99 Å². The zero-order valence-electron chi connectivity index (χ0n) is 9.73. The van der Waals surface area contributed by atoms with E-state index in [1.54, 1.807) is 0 Å². The Bertz CT molecular complexity index is 429. The Labute approximate surface area is 95.2 Å². The zero-order valence-corrected chi connectivity index (χ0v) is 9.73. The van der Waals surface area contributed by atoms with Crippen molar-refractivity contribution < 1.29 is 9.53 Å². The van der Waals surface area contributed by atoms with Gasteiger partial charge in [-0.1, -0.05) is 30.3 Å². The molecule has 0 fully saturated rings. The van der Waals surface area contributed by atoms with Crippen molar-refractivity contribution in [1.29, 1.82) is 0 Å². The number of rotatable bonds is 2. The molecule has 0 amide bonds. The fraction of sp³-hybridized carbons (Fsp3) is 0.385. The molecule has 1 atom stereocenters. The van der Waals surface area contributed by atoms with E-state index in [9.17, 15) is 4.79 Å². The van der Waals surface area contributed by atoms with Gasteiger partial charge in [0, 0.05) is 0 Å². The molecule has 3 heteroatoms. The summed E-state index contributed by atoms with van der Waals surface area (Å²) in [7, 11) is 0. The third-order valence-electron chi connectivity index (χ3n) is 2.16. The van der Waals surface area contributed by atoms with Crippen molar-refractivity contribution in [3.8, 4) is 0 Å². The van der Waals surface area contributed by atoms with E-state index in [1.165, 1.54) is 0 Å². The van der Waals surface area contributed by atoms with Crippen molar-refractivity contribution in [2.75, 3.05) is 0 Å². The van der Waals surface area contributed by atoms with E-state index in [1.807, 2.05) is 51.1 Å². The van der Waals surface area contributed by atoms with Crippen LogP contribution in [0.4, 0.5) is 0 Å². The fourth-order valence-corrected chi connectivity index (χ4v) is 1.47. The van der Waals surface area contributed by atoms with Gasteiger partial charge in [-0.25, -0.2) is 4.79 Å². The van der Waals surface area contributed by atoms with Gasteiger partial charge in [0.1, 0.15) is 5.60 Å². The predicted octanol–water partition coefficient (Wildman–Crippen LogP) is 2.20. The van der Waals surface area contributed by atoms with Crippen LogP contribution in [0.5, 0.6) is 0 Å². The quantitative estimate of drug-likeness (QED) is 0.712. The number of hydrogen-bond acceptors (Lipinski definition) is 3. The molecule has 0 radical (unpaired) electrons. The third-order valence-corrected chi connectivity index (χ3v) is 2.16. The average molecular weight is 217 g/mol. The summed E-state index contributed by atoms with van der Waals surface area (Å²) in [6.07, 6.45) is 0. The molecule has 1 aromatic carbocycles. The van der Waals surface area contributed by atoms with Gasteiger partial charge in [-0.2, -0.15) is 0 Å². The van der Waals surface area contributed by atoms with Crippen LogP contribution >= 0.6 is 0 Å². The second-order valence-electron chi connectivity index (χ2n) is 4.82. The summed E-state index contributed by atoms with van der Waals surface area (Å²) in [5.74, 6) is -0.258. The predicted molar refractivity (Wildman–Crippen MR) is 62.6 cm³/mol. The lowest BCUT2D eigenvalue weighted by atomic mass is 10.1. The molecule has 0 saturated heterocycles. The highest BCUT2D eigenvalue weighted by Crippen LogP contribution is 2.23. The minimum atomic E-state index is -0.447. The van der Waals surface area contributed by atoms with Crippen LogP contribution in [0.1, 0.15) is 26.3 Å². The van der Waals surface area contributed by atoms with E-state index in [0.29, 0.717) is 0 Å². The molecule has 0 aliphatic carbocycles. The van der Waals surface area contributed by atoms with Gasteiger partial charge in [0.15, 0.2) is 6.04 Å². The van der Waals surface area contributed by atoms with Gasteiger partial charge < -0.3 is 4.74 Å². The molecule has 1 heterocycles. The summed E-state index contributed by atoms with van der Waals surface area (Å²) in [5, 5.41) is 0. The highest BCUT2D eigenvalue weighted by Gasteiger charge is 2.38. The molecule has 1 aliphatic rings. The Kier molecular flexibility index (Phi) is 2.54. The number of carbonyl (C=O) groups is 1. The van der Waals surface area contributed by atoms with Crippen molar-refractivity contribution in [1.82, 2.24) is 0 Å². The van der Waals surface area contributed by atoms with Crippen LogP contribution in [0.25, 0.3) is 0 Å². The SMILES string of the molecule is CC(C)(C)OC(=O)[C@H]1N=C1c1ccccc1. The van der Waals surface area contributed by atoms with Crippen LogP contribution < -0.4 is 0 Å². The number of carbonyl (C=O) groups excluding carboxylic acids is 1. The van der Waals surface area contributed by atoms with E-state index in [0.717, 1.165) is 11.3 Å². The van der Waals surface area contributed by atoms with Gasteiger partial charge in [-0.15, -0.1) is 0 Å². The largest absolute Gasteiger partial charge is 0.458 e. The lowest BCUT2D eigenvalue weighted by Crippen LogP contribution is -2.28.